The SMILES string of the molecule is Cc1ccc(CN2[C@@H]3CCC[C@@H]2CC(NC(=O)c2ccccc2C)C3)cc1. The van der Waals surface area contributed by atoms with Crippen LogP contribution < -0.4 is 5.32 Å². The van der Waals surface area contributed by atoms with Gasteiger partial charge in [-0.1, -0.05) is 54.4 Å². The van der Waals surface area contributed by atoms with Crippen LogP contribution in [0.15, 0.2) is 48.5 Å². The molecule has 142 valence electrons. The lowest BCUT2D eigenvalue weighted by Crippen LogP contribution is -2.56. The summed E-state index contributed by atoms with van der Waals surface area (Å²) in [6, 6.07) is 18.3. The van der Waals surface area contributed by atoms with Crippen molar-refractivity contribution in [3.05, 3.63) is 70.8 Å². The number of hydrogen-bond acceptors (Lipinski definition) is 2. The summed E-state index contributed by atoms with van der Waals surface area (Å²) in [5.41, 5.74) is 4.58. The van der Waals surface area contributed by atoms with Crippen LogP contribution in [0.3, 0.4) is 0 Å². The van der Waals surface area contributed by atoms with E-state index >= 15 is 0 Å². The predicted molar refractivity (Wildman–Crippen MR) is 110 cm³/mol. The number of nitrogens with zero attached hydrogens (tertiary/aromatic N) is 1. The number of carbonyl (C=O) groups excluding carboxylic acids is 1. The highest BCUT2D eigenvalue weighted by Gasteiger charge is 2.38. The first-order chi connectivity index (χ1) is 13.1. The lowest BCUT2D eigenvalue weighted by atomic mass is 9.81. The van der Waals surface area contributed by atoms with Crippen LogP contribution in [0, 0.1) is 13.8 Å². The van der Waals surface area contributed by atoms with E-state index < -0.39 is 0 Å². The summed E-state index contributed by atoms with van der Waals surface area (Å²) >= 11 is 0. The Balaban J connectivity index is 1.42. The standard InChI is InChI=1S/C24H30N2O/c1-17-10-12-19(13-11-17)16-26-21-7-5-8-22(26)15-20(14-21)25-24(27)23-9-4-3-6-18(23)2/h3-4,6,9-13,20-22H,5,7-8,14-16H2,1-2H3,(H,25,27)/t21-,22-/m1/s1. The zero-order chi connectivity index (χ0) is 18.8. The molecule has 0 aliphatic carbocycles. The van der Waals surface area contributed by atoms with Crippen molar-refractivity contribution in [1.29, 1.82) is 0 Å². The maximum atomic E-state index is 12.7. The van der Waals surface area contributed by atoms with Crippen LogP contribution in [0.1, 0.15) is 59.2 Å². The molecule has 2 aromatic rings. The Bertz CT molecular complexity index is 784. The van der Waals surface area contributed by atoms with Crippen molar-refractivity contribution in [2.75, 3.05) is 0 Å². The Morgan fingerprint density at radius 1 is 1.00 bits per heavy atom. The van der Waals surface area contributed by atoms with E-state index in [1.165, 1.54) is 30.4 Å². The monoisotopic (exact) mass is 362 g/mol. The van der Waals surface area contributed by atoms with Crippen LogP contribution in [0.5, 0.6) is 0 Å². The van der Waals surface area contributed by atoms with Crippen molar-refractivity contribution in [3.8, 4) is 0 Å². The molecule has 2 saturated heterocycles. The summed E-state index contributed by atoms with van der Waals surface area (Å²) in [4.78, 5) is 15.4. The Labute approximate surface area is 162 Å². The van der Waals surface area contributed by atoms with Crippen LogP contribution in [0.4, 0.5) is 0 Å². The second-order valence-electron chi connectivity index (χ2n) is 8.35. The Hall–Kier alpha value is -2.13. The Kier molecular flexibility index (Phi) is 5.31. The van der Waals surface area contributed by atoms with Crippen molar-refractivity contribution < 1.29 is 4.79 Å². The van der Waals surface area contributed by atoms with Crippen molar-refractivity contribution in [2.24, 2.45) is 0 Å². The summed E-state index contributed by atoms with van der Waals surface area (Å²) in [5.74, 6) is 0.0863. The molecule has 2 atom stereocenters. The van der Waals surface area contributed by atoms with Gasteiger partial charge in [0.15, 0.2) is 0 Å². The van der Waals surface area contributed by atoms with Gasteiger partial charge in [0, 0.05) is 30.2 Å². The molecule has 4 rings (SSSR count). The number of hydrogen-bond donors (Lipinski definition) is 1. The normalized spacial score (nSPS) is 25.2. The average Bonchev–Trinajstić information content (AvgIpc) is 2.64. The highest BCUT2D eigenvalue weighted by Crippen LogP contribution is 2.35. The number of amides is 1. The first kappa shape index (κ1) is 18.2. The lowest BCUT2D eigenvalue weighted by Gasteiger charge is -2.49. The van der Waals surface area contributed by atoms with Crippen molar-refractivity contribution in [2.45, 2.75) is 70.6 Å². The maximum Gasteiger partial charge on any atom is 0.251 e. The van der Waals surface area contributed by atoms with Gasteiger partial charge in [-0.15, -0.1) is 0 Å². The topological polar surface area (TPSA) is 32.3 Å². The molecule has 0 spiro atoms. The van der Waals surface area contributed by atoms with Crippen LogP contribution in [-0.4, -0.2) is 28.9 Å². The van der Waals surface area contributed by atoms with Gasteiger partial charge in [-0.3, -0.25) is 9.69 Å². The third-order valence-electron chi connectivity index (χ3n) is 6.34. The molecule has 0 saturated carbocycles. The van der Waals surface area contributed by atoms with E-state index in [-0.39, 0.29) is 5.91 Å². The number of fused-ring (bicyclic) bond motifs is 2. The van der Waals surface area contributed by atoms with E-state index in [0.717, 1.165) is 30.5 Å². The fraction of sp³-hybridized carbons (Fsp3) is 0.458. The molecule has 3 nitrogen and oxygen atoms in total. The zero-order valence-corrected chi connectivity index (χ0v) is 16.4. The third kappa shape index (κ3) is 4.08. The molecule has 0 radical (unpaired) electrons. The molecular weight excluding hydrogens is 332 g/mol. The second kappa shape index (κ2) is 7.85. The van der Waals surface area contributed by atoms with E-state index in [1.807, 2.05) is 31.2 Å². The smallest absolute Gasteiger partial charge is 0.251 e. The van der Waals surface area contributed by atoms with E-state index in [0.29, 0.717) is 18.1 Å². The first-order valence-electron chi connectivity index (χ1n) is 10.3. The molecule has 0 aromatic heterocycles. The highest BCUT2D eigenvalue weighted by molar-refractivity contribution is 5.95. The van der Waals surface area contributed by atoms with Gasteiger partial charge >= 0.3 is 0 Å². The number of nitrogens with one attached hydrogen (secondary N) is 1. The summed E-state index contributed by atoms with van der Waals surface area (Å²) in [6.07, 6.45) is 5.95. The fourth-order valence-corrected chi connectivity index (χ4v) is 4.85. The van der Waals surface area contributed by atoms with E-state index in [1.54, 1.807) is 0 Å². The molecule has 0 unspecified atom stereocenters. The van der Waals surface area contributed by atoms with Crippen LogP contribution in [0.25, 0.3) is 0 Å². The molecule has 2 aromatic carbocycles. The fourth-order valence-electron chi connectivity index (χ4n) is 4.85. The summed E-state index contributed by atoms with van der Waals surface area (Å²) < 4.78 is 0. The minimum Gasteiger partial charge on any atom is -0.349 e. The minimum absolute atomic E-state index is 0.0863. The largest absolute Gasteiger partial charge is 0.349 e. The first-order valence-corrected chi connectivity index (χ1v) is 10.3. The molecule has 3 heteroatoms. The van der Waals surface area contributed by atoms with Crippen molar-refractivity contribution in [3.63, 3.8) is 0 Å². The molecule has 27 heavy (non-hydrogen) atoms. The molecular formula is C24H30N2O. The highest BCUT2D eigenvalue weighted by atomic mass is 16.1. The van der Waals surface area contributed by atoms with Gasteiger partial charge in [0.05, 0.1) is 0 Å². The van der Waals surface area contributed by atoms with E-state index in [9.17, 15) is 4.79 Å². The van der Waals surface area contributed by atoms with Gasteiger partial charge in [-0.25, -0.2) is 0 Å². The van der Waals surface area contributed by atoms with E-state index in [2.05, 4.69) is 41.4 Å². The number of piperidine rings is 2. The zero-order valence-electron chi connectivity index (χ0n) is 16.4. The van der Waals surface area contributed by atoms with Gasteiger partial charge in [-0.05, 0) is 56.7 Å². The predicted octanol–water partition coefficient (Wildman–Crippen LogP) is 4.62. The van der Waals surface area contributed by atoms with Gasteiger partial charge in [-0.2, -0.15) is 0 Å². The lowest BCUT2D eigenvalue weighted by molar-refractivity contribution is 0.0177. The number of rotatable bonds is 4. The minimum atomic E-state index is 0.0863. The third-order valence-corrected chi connectivity index (χ3v) is 6.34. The molecule has 2 bridgehead atoms. The van der Waals surface area contributed by atoms with Gasteiger partial charge in [0.25, 0.3) is 5.91 Å². The average molecular weight is 363 g/mol. The van der Waals surface area contributed by atoms with Crippen LogP contribution in [-0.2, 0) is 6.54 Å². The van der Waals surface area contributed by atoms with Crippen molar-refractivity contribution in [1.82, 2.24) is 10.2 Å². The van der Waals surface area contributed by atoms with Gasteiger partial charge < -0.3 is 5.32 Å². The molecule has 2 heterocycles. The molecule has 2 aliphatic heterocycles. The Morgan fingerprint density at radius 2 is 1.67 bits per heavy atom. The summed E-state index contributed by atoms with van der Waals surface area (Å²) in [7, 11) is 0. The maximum absolute atomic E-state index is 12.7. The van der Waals surface area contributed by atoms with E-state index in [4.69, 9.17) is 0 Å². The quantitative estimate of drug-likeness (QED) is 0.861. The van der Waals surface area contributed by atoms with Gasteiger partial charge in [0.1, 0.15) is 0 Å². The number of benzene rings is 2. The van der Waals surface area contributed by atoms with Crippen LogP contribution in [0.2, 0.25) is 0 Å². The van der Waals surface area contributed by atoms with Crippen molar-refractivity contribution >= 4 is 5.91 Å². The molecule has 2 aliphatic rings. The Morgan fingerprint density at radius 3 is 2.33 bits per heavy atom. The number of carbonyl (C=O) groups is 1. The molecule has 1 N–H and O–H groups in total. The molecule has 2 fully saturated rings. The van der Waals surface area contributed by atoms with Crippen LogP contribution >= 0.6 is 0 Å². The molecule has 1 amide bonds. The van der Waals surface area contributed by atoms with Gasteiger partial charge in [0.2, 0.25) is 0 Å². The summed E-state index contributed by atoms with van der Waals surface area (Å²) in [5, 5.41) is 3.33. The second-order valence-corrected chi connectivity index (χ2v) is 8.35. The summed E-state index contributed by atoms with van der Waals surface area (Å²) in [6.45, 7) is 5.18. The number of aryl methyl sites for hydroxylation is 2.